The van der Waals surface area contributed by atoms with Gasteiger partial charge in [-0.15, -0.1) is 0 Å². The minimum Gasteiger partial charge on any atom is -0.395 e. The third kappa shape index (κ3) is 3.93. The molecule has 0 radical (unpaired) electrons. The average molecular weight is 211 g/mol. The van der Waals surface area contributed by atoms with Crippen molar-refractivity contribution in [2.45, 2.75) is 19.1 Å². The van der Waals surface area contributed by atoms with Crippen molar-refractivity contribution in [1.29, 1.82) is 0 Å². The highest BCUT2D eigenvalue weighted by Gasteiger charge is 2.04. The van der Waals surface area contributed by atoms with Crippen LogP contribution in [-0.2, 0) is 13.1 Å². The summed E-state index contributed by atoms with van der Waals surface area (Å²) in [5.74, 6) is 0. The number of nitrogens with zero attached hydrogens (tertiary/aromatic N) is 1. The maximum absolute atomic E-state index is 8.84. The lowest BCUT2D eigenvalue weighted by Crippen LogP contribution is -2.35. The van der Waals surface area contributed by atoms with Gasteiger partial charge in [0.1, 0.15) is 0 Å². The van der Waals surface area contributed by atoms with E-state index >= 15 is 0 Å². The topological polar surface area (TPSA) is 91.4 Å². The molecule has 0 aliphatic heterocycles. The second kappa shape index (κ2) is 6.47. The maximum Gasteiger partial charge on any atom is 0.0607 e. The third-order valence-corrected chi connectivity index (χ3v) is 2.09. The Hall–Kier alpha value is -1.01. The van der Waals surface area contributed by atoms with E-state index in [4.69, 9.17) is 15.9 Å². The number of hydrogen-bond acceptors (Lipinski definition) is 5. The molecule has 1 rings (SSSR count). The lowest BCUT2D eigenvalue weighted by Gasteiger charge is -2.12. The summed E-state index contributed by atoms with van der Waals surface area (Å²) in [5, 5.41) is 20.7. The first kappa shape index (κ1) is 12.1. The van der Waals surface area contributed by atoms with Crippen molar-refractivity contribution < 1.29 is 10.2 Å². The number of pyridine rings is 1. The molecule has 0 saturated carbocycles. The van der Waals surface area contributed by atoms with Gasteiger partial charge in [0, 0.05) is 13.1 Å². The predicted octanol–water partition coefficient (Wildman–Crippen LogP) is -1.02. The van der Waals surface area contributed by atoms with Crippen molar-refractivity contribution in [3.63, 3.8) is 0 Å². The fourth-order valence-corrected chi connectivity index (χ4v) is 1.18. The zero-order chi connectivity index (χ0) is 11.1. The van der Waals surface area contributed by atoms with Crippen molar-refractivity contribution in [2.24, 2.45) is 5.73 Å². The van der Waals surface area contributed by atoms with Crippen LogP contribution in [0.15, 0.2) is 18.2 Å². The maximum atomic E-state index is 8.84. The summed E-state index contributed by atoms with van der Waals surface area (Å²) in [6.07, 6.45) is 0. The summed E-state index contributed by atoms with van der Waals surface area (Å²) >= 11 is 0. The molecule has 0 amide bonds. The van der Waals surface area contributed by atoms with Crippen LogP contribution in [0.2, 0.25) is 0 Å². The average Bonchev–Trinajstić information content (AvgIpc) is 2.31. The lowest BCUT2D eigenvalue weighted by atomic mass is 10.2. The van der Waals surface area contributed by atoms with Gasteiger partial charge in [0.2, 0.25) is 0 Å². The predicted molar refractivity (Wildman–Crippen MR) is 56.9 cm³/mol. The van der Waals surface area contributed by atoms with E-state index in [1.165, 1.54) is 0 Å². The Morgan fingerprint density at radius 1 is 1.27 bits per heavy atom. The quantitative estimate of drug-likeness (QED) is 0.483. The number of rotatable bonds is 6. The molecular formula is C10H17N3O2. The minimum absolute atomic E-state index is 0.0902. The molecule has 5 nitrogen and oxygen atoms in total. The van der Waals surface area contributed by atoms with Crippen molar-refractivity contribution >= 4 is 0 Å². The standard InChI is InChI=1S/C10H17N3O2/c11-4-8-2-1-3-9(13-8)5-12-10(6-14)7-15/h1-3,10,12,14-15H,4-7,11H2. The minimum atomic E-state index is -0.298. The fourth-order valence-electron chi connectivity index (χ4n) is 1.18. The molecule has 0 atom stereocenters. The molecule has 15 heavy (non-hydrogen) atoms. The van der Waals surface area contributed by atoms with Gasteiger partial charge in [-0.3, -0.25) is 4.98 Å². The Bertz CT molecular complexity index is 290. The normalized spacial score (nSPS) is 10.9. The van der Waals surface area contributed by atoms with E-state index in [9.17, 15) is 0 Å². The largest absolute Gasteiger partial charge is 0.395 e. The molecule has 0 aromatic carbocycles. The molecule has 0 aliphatic rings. The van der Waals surface area contributed by atoms with Crippen LogP contribution < -0.4 is 11.1 Å². The molecule has 1 heterocycles. The van der Waals surface area contributed by atoms with E-state index < -0.39 is 0 Å². The molecule has 0 bridgehead atoms. The van der Waals surface area contributed by atoms with Crippen LogP contribution in [0.4, 0.5) is 0 Å². The van der Waals surface area contributed by atoms with Gasteiger partial charge < -0.3 is 21.3 Å². The van der Waals surface area contributed by atoms with Gasteiger partial charge in [-0.2, -0.15) is 0 Å². The molecule has 0 saturated heterocycles. The third-order valence-electron chi connectivity index (χ3n) is 2.09. The smallest absolute Gasteiger partial charge is 0.0607 e. The first-order valence-corrected chi connectivity index (χ1v) is 4.90. The Morgan fingerprint density at radius 3 is 2.53 bits per heavy atom. The van der Waals surface area contributed by atoms with Gasteiger partial charge in [-0.05, 0) is 12.1 Å². The van der Waals surface area contributed by atoms with Crippen molar-refractivity contribution in [3.8, 4) is 0 Å². The number of nitrogens with one attached hydrogen (secondary N) is 1. The van der Waals surface area contributed by atoms with Crippen molar-refractivity contribution in [1.82, 2.24) is 10.3 Å². The summed E-state index contributed by atoms with van der Waals surface area (Å²) in [7, 11) is 0. The molecule has 84 valence electrons. The van der Waals surface area contributed by atoms with E-state index in [-0.39, 0.29) is 19.3 Å². The van der Waals surface area contributed by atoms with Gasteiger partial charge in [0.05, 0.1) is 30.6 Å². The highest BCUT2D eigenvalue weighted by Crippen LogP contribution is 1.98. The molecule has 0 fully saturated rings. The summed E-state index contributed by atoms with van der Waals surface area (Å²) in [4.78, 5) is 4.28. The van der Waals surface area contributed by atoms with Crippen LogP contribution in [0.3, 0.4) is 0 Å². The molecule has 0 unspecified atom stereocenters. The summed E-state index contributed by atoms with van der Waals surface area (Å²) in [6.45, 7) is 0.747. The van der Waals surface area contributed by atoms with Crippen LogP contribution >= 0.6 is 0 Å². The van der Waals surface area contributed by atoms with E-state index in [1.54, 1.807) is 0 Å². The van der Waals surface area contributed by atoms with Crippen LogP contribution in [-0.4, -0.2) is 34.5 Å². The molecular weight excluding hydrogens is 194 g/mol. The number of aliphatic hydroxyl groups excluding tert-OH is 2. The van der Waals surface area contributed by atoms with Crippen LogP contribution in [0.5, 0.6) is 0 Å². The second-order valence-electron chi connectivity index (χ2n) is 3.27. The van der Waals surface area contributed by atoms with Crippen LogP contribution in [0.1, 0.15) is 11.4 Å². The van der Waals surface area contributed by atoms with Gasteiger partial charge in [-0.1, -0.05) is 6.07 Å². The molecule has 0 aliphatic carbocycles. The van der Waals surface area contributed by atoms with E-state index in [2.05, 4.69) is 10.3 Å². The number of aromatic nitrogens is 1. The van der Waals surface area contributed by atoms with E-state index in [0.717, 1.165) is 11.4 Å². The first-order valence-electron chi connectivity index (χ1n) is 4.90. The SMILES string of the molecule is NCc1cccc(CNC(CO)CO)n1. The lowest BCUT2D eigenvalue weighted by molar-refractivity contribution is 0.170. The second-order valence-corrected chi connectivity index (χ2v) is 3.27. The van der Waals surface area contributed by atoms with E-state index in [1.807, 2.05) is 18.2 Å². The monoisotopic (exact) mass is 211 g/mol. The molecule has 5 N–H and O–H groups in total. The van der Waals surface area contributed by atoms with Crippen LogP contribution in [0, 0.1) is 0 Å². The Morgan fingerprint density at radius 2 is 1.93 bits per heavy atom. The Labute approximate surface area is 89.0 Å². The number of nitrogens with two attached hydrogens (primary N) is 1. The fraction of sp³-hybridized carbons (Fsp3) is 0.500. The van der Waals surface area contributed by atoms with Gasteiger partial charge in [0.15, 0.2) is 0 Å². The summed E-state index contributed by atoms with van der Waals surface area (Å²) in [5.41, 5.74) is 7.15. The highest BCUT2D eigenvalue weighted by atomic mass is 16.3. The highest BCUT2D eigenvalue weighted by molar-refractivity contribution is 5.10. The van der Waals surface area contributed by atoms with Gasteiger partial charge in [0.25, 0.3) is 0 Å². The Kier molecular flexibility index (Phi) is 5.20. The van der Waals surface area contributed by atoms with Crippen molar-refractivity contribution in [3.05, 3.63) is 29.6 Å². The van der Waals surface area contributed by atoms with Gasteiger partial charge in [-0.25, -0.2) is 0 Å². The molecule has 0 spiro atoms. The van der Waals surface area contributed by atoms with Gasteiger partial charge >= 0.3 is 0 Å². The summed E-state index contributed by atoms with van der Waals surface area (Å²) in [6, 6.07) is 5.32. The molecule has 1 aromatic rings. The molecule has 1 aromatic heterocycles. The molecule has 5 heteroatoms. The number of aliphatic hydroxyl groups is 2. The van der Waals surface area contributed by atoms with Crippen LogP contribution in [0.25, 0.3) is 0 Å². The zero-order valence-electron chi connectivity index (χ0n) is 8.56. The van der Waals surface area contributed by atoms with E-state index in [0.29, 0.717) is 13.1 Å². The number of hydrogen-bond donors (Lipinski definition) is 4. The zero-order valence-corrected chi connectivity index (χ0v) is 8.56. The Balaban J connectivity index is 2.49. The van der Waals surface area contributed by atoms with Crippen molar-refractivity contribution in [2.75, 3.05) is 13.2 Å². The summed E-state index contributed by atoms with van der Waals surface area (Å²) < 4.78 is 0. The first-order chi connectivity index (χ1) is 7.30.